The average Bonchev–Trinajstić information content (AvgIpc) is 2.90. The first-order valence-electron chi connectivity index (χ1n) is 9.46. The topological polar surface area (TPSA) is 62.3 Å². The Kier molecular flexibility index (Phi) is 5.86. The van der Waals surface area contributed by atoms with Gasteiger partial charge < -0.3 is 10.2 Å². The van der Waals surface area contributed by atoms with Crippen molar-refractivity contribution in [3.8, 4) is 0 Å². The number of nitrogens with zero attached hydrogens (tertiary/aromatic N) is 2. The van der Waals surface area contributed by atoms with Crippen molar-refractivity contribution in [1.29, 1.82) is 0 Å². The molecule has 3 rings (SSSR count). The maximum atomic E-state index is 12.5. The Balaban J connectivity index is 1.61. The van der Waals surface area contributed by atoms with Gasteiger partial charge in [-0.3, -0.25) is 14.6 Å². The van der Waals surface area contributed by atoms with E-state index in [4.69, 9.17) is 0 Å². The van der Waals surface area contributed by atoms with Crippen molar-refractivity contribution >= 4 is 22.7 Å². The Morgan fingerprint density at radius 1 is 1.27 bits per heavy atom. The van der Waals surface area contributed by atoms with Crippen LogP contribution in [0.15, 0.2) is 36.5 Å². The van der Waals surface area contributed by atoms with Gasteiger partial charge >= 0.3 is 0 Å². The third-order valence-electron chi connectivity index (χ3n) is 4.99. The van der Waals surface area contributed by atoms with Crippen molar-refractivity contribution in [1.82, 2.24) is 15.2 Å². The fraction of sp³-hybridized carbons (Fsp3) is 0.476. The smallest absolute Gasteiger partial charge is 0.251 e. The van der Waals surface area contributed by atoms with Crippen molar-refractivity contribution in [3.05, 3.63) is 42.1 Å². The van der Waals surface area contributed by atoms with E-state index in [9.17, 15) is 9.59 Å². The Morgan fingerprint density at radius 3 is 2.92 bits per heavy atom. The standard InChI is InChI=1S/C21H27N3O2/c1-15(2)21(26)24-11-4-3-6-16(14-24)13-23-20(25)18-9-8-17-7-5-10-22-19(17)12-18/h5,7-10,12,15-16H,3-4,6,11,13-14H2,1-2H3,(H,23,25). The molecule has 1 saturated heterocycles. The molecule has 0 saturated carbocycles. The third-order valence-corrected chi connectivity index (χ3v) is 4.99. The van der Waals surface area contributed by atoms with Crippen LogP contribution in [0.5, 0.6) is 0 Å². The van der Waals surface area contributed by atoms with Crippen LogP contribution in [0.25, 0.3) is 10.9 Å². The number of benzene rings is 1. The average molecular weight is 353 g/mol. The van der Waals surface area contributed by atoms with Crippen LogP contribution in [0, 0.1) is 11.8 Å². The van der Waals surface area contributed by atoms with E-state index < -0.39 is 0 Å². The number of carbonyl (C=O) groups excluding carboxylic acids is 2. The molecule has 26 heavy (non-hydrogen) atoms. The Bertz CT molecular complexity index is 788. The molecule has 1 atom stereocenters. The zero-order chi connectivity index (χ0) is 18.5. The second-order valence-corrected chi connectivity index (χ2v) is 7.42. The quantitative estimate of drug-likeness (QED) is 0.918. The fourth-order valence-electron chi connectivity index (χ4n) is 3.51. The summed E-state index contributed by atoms with van der Waals surface area (Å²) in [4.78, 5) is 31.1. The van der Waals surface area contributed by atoms with Crippen molar-refractivity contribution in [2.24, 2.45) is 11.8 Å². The summed E-state index contributed by atoms with van der Waals surface area (Å²) in [5.74, 6) is 0.462. The third kappa shape index (κ3) is 4.40. The van der Waals surface area contributed by atoms with Crippen LogP contribution < -0.4 is 5.32 Å². The number of nitrogens with one attached hydrogen (secondary N) is 1. The molecule has 1 unspecified atom stereocenters. The monoisotopic (exact) mass is 353 g/mol. The van der Waals surface area contributed by atoms with E-state index in [0.29, 0.717) is 18.0 Å². The number of likely N-dealkylation sites (tertiary alicyclic amines) is 1. The normalized spacial score (nSPS) is 18.0. The predicted octanol–water partition coefficient (Wildman–Crippen LogP) is 3.25. The number of aromatic nitrogens is 1. The van der Waals surface area contributed by atoms with Gasteiger partial charge in [0, 0.05) is 42.7 Å². The van der Waals surface area contributed by atoms with Gasteiger partial charge in [-0.05, 0) is 37.0 Å². The molecule has 1 aliphatic rings. The molecule has 1 aromatic heterocycles. The van der Waals surface area contributed by atoms with Crippen LogP contribution in [-0.4, -0.2) is 41.3 Å². The van der Waals surface area contributed by atoms with Crippen LogP contribution in [-0.2, 0) is 4.79 Å². The molecular formula is C21H27N3O2. The van der Waals surface area contributed by atoms with Crippen LogP contribution in [0.4, 0.5) is 0 Å². The molecule has 0 spiro atoms. The molecular weight excluding hydrogens is 326 g/mol. The van der Waals surface area contributed by atoms with Gasteiger partial charge in [0.2, 0.25) is 5.91 Å². The zero-order valence-electron chi connectivity index (χ0n) is 15.6. The summed E-state index contributed by atoms with van der Waals surface area (Å²) in [7, 11) is 0. The van der Waals surface area contributed by atoms with Gasteiger partial charge in [-0.2, -0.15) is 0 Å². The summed E-state index contributed by atoms with van der Waals surface area (Å²) < 4.78 is 0. The highest BCUT2D eigenvalue weighted by molar-refractivity contribution is 5.97. The van der Waals surface area contributed by atoms with Crippen LogP contribution >= 0.6 is 0 Å². The number of fused-ring (bicyclic) bond motifs is 1. The molecule has 2 heterocycles. The minimum Gasteiger partial charge on any atom is -0.352 e. The molecule has 5 nitrogen and oxygen atoms in total. The van der Waals surface area contributed by atoms with Crippen molar-refractivity contribution in [2.75, 3.05) is 19.6 Å². The summed E-state index contributed by atoms with van der Waals surface area (Å²) in [5, 5.41) is 4.07. The first-order valence-corrected chi connectivity index (χ1v) is 9.46. The Hall–Kier alpha value is -2.43. The van der Waals surface area contributed by atoms with Gasteiger partial charge in [0.15, 0.2) is 0 Å². The van der Waals surface area contributed by atoms with E-state index in [0.717, 1.165) is 43.3 Å². The molecule has 2 aromatic rings. The van der Waals surface area contributed by atoms with E-state index in [1.54, 1.807) is 6.20 Å². The Labute approximate surface area is 154 Å². The van der Waals surface area contributed by atoms with Crippen LogP contribution in [0.1, 0.15) is 43.5 Å². The maximum absolute atomic E-state index is 12.5. The lowest BCUT2D eigenvalue weighted by Crippen LogP contribution is -2.40. The number of amides is 2. The fourth-order valence-corrected chi connectivity index (χ4v) is 3.51. The highest BCUT2D eigenvalue weighted by atomic mass is 16.2. The predicted molar refractivity (Wildman–Crippen MR) is 103 cm³/mol. The van der Waals surface area contributed by atoms with Gasteiger partial charge in [-0.25, -0.2) is 0 Å². The van der Waals surface area contributed by atoms with E-state index in [1.807, 2.05) is 49.1 Å². The van der Waals surface area contributed by atoms with Gasteiger partial charge in [0.1, 0.15) is 0 Å². The van der Waals surface area contributed by atoms with E-state index in [2.05, 4.69) is 10.3 Å². The molecule has 1 aromatic carbocycles. The maximum Gasteiger partial charge on any atom is 0.251 e. The molecule has 0 bridgehead atoms. The second-order valence-electron chi connectivity index (χ2n) is 7.42. The van der Waals surface area contributed by atoms with Crippen LogP contribution in [0.3, 0.4) is 0 Å². The van der Waals surface area contributed by atoms with E-state index >= 15 is 0 Å². The molecule has 2 amide bonds. The lowest BCUT2D eigenvalue weighted by atomic mass is 10.0. The van der Waals surface area contributed by atoms with Gasteiger partial charge in [-0.15, -0.1) is 0 Å². The van der Waals surface area contributed by atoms with E-state index in [1.165, 1.54) is 0 Å². The molecule has 5 heteroatoms. The zero-order valence-corrected chi connectivity index (χ0v) is 15.6. The molecule has 0 radical (unpaired) electrons. The SMILES string of the molecule is CC(C)C(=O)N1CCCCC(CNC(=O)c2ccc3cccnc3c2)C1. The molecule has 0 aliphatic carbocycles. The first kappa shape index (κ1) is 18.4. The number of rotatable bonds is 4. The Morgan fingerprint density at radius 2 is 2.12 bits per heavy atom. The van der Waals surface area contributed by atoms with Gasteiger partial charge in [-0.1, -0.05) is 32.4 Å². The number of hydrogen-bond acceptors (Lipinski definition) is 3. The van der Waals surface area contributed by atoms with E-state index in [-0.39, 0.29) is 17.7 Å². The summed E-state index contributed by atoms with van der Waals surface area (Å²) in [6.45, 7) is 6.05. The minimum absolute atomic E-state index is 0.0217. The van der Waals surface area contributed by atoms with Crippen molar-refractivity contribution in [3.63, 3.8) is 0 Å². The van der Waals surface area contributed by atoms with Crippen LogP contribution in [0.2, 0.25) is 0 Å². The number of pyridine rings is 1. The van der Waals surface area contributed by atoms with Crippen molar-refractivity contribution < 1.29 is 9.59 Å². The highest BCUT2D eigenvalue weighted by Crippen LogP contribution is 2.18. The van der Waals surface area contributed by atoms with Gasteiger partial charge in [0.05, 0.1) is 5.52 Å². The lowest BCUT2D eigenvalue weighted by Gasteiger charge is -2.26. The van der Waals surface area contributed by atoms with Gasteiger partial charge in [0.25, 0.3) is 5.91 Å². The largest absolute Gasteiger partial charge is 0.352 e. The molecule has 1 aliphatic heterocycles. The number of carbonyl (C=O) groups is 2. The molecule has 138 valence electrons. The number of hydrogen-bond donors (Lipinski definition) is 1. The minimum atomic E-state index is -0.0801. The molecule has 1 fully saturated rings. The molecule has 1 N–H and O–H groups in total. The van der Waals surface area contributed by atoms with Crippen molar-refractivity contribution in [2.45, 2.75) is 33.1 Å². The second kappa shape index (κ2) is 8.30. The summed E-state index contributed by atoms with van der Waals surface area (Å²) in [6, 6.07) is 9.45. The summed E-state index contributed by atoms with van der Waals surface area (Å²) >= 11 is 0. The first-order chi connectivity index (χ1) is 12.5. The lowest BCUT2D eigenvalue weighted by molar-refractivity contribution is -0.134. The summed E-state index contributed by atoms with van der Waals surface area (Å²) in [5.41, 5.74) is 1.45. The summed E-state index contributed by atoms with van der Waals surface area (Å²) in [6.07, 6.45) is 4.92. The highest BCUT2D eigenvalue weighted by Gasteiger charge is 2.24.